The molecule has 8 nitrogen and oxygen atoms in total. The van der Waals surface area contributed by atoms with Crippen LogP contribution < -0.4 is 14.4 Å². The topological polar surface area (TPSA) is 96.0 Å². The Bertz CT molecular complexity index is 1390. The molecule has 0 saturated heterocycles. The highest BCUT2D eigenvalue weighted by atomic mass is 79.9. The van der Waals surface area contributed by atoms with Gasteiger partial charge in [-0.3, -0.25) is 13.9 Å². The van der Waals surface area contributed by atoms with E-state index in [4.69, 9.17) is 4.74 Å². The third kappa shape index (κ3) is 8.08. The van der Waals surface area contributed by atoms with Crippen molar-refractivity contribution < 1.29 is 22.7 Å². The minimum absolute atomic E-state index is 0.0226. The van der Waals surface area contributed by atoms with Crippen LogP contribution in [0.1, 0.15) is 38.8 Å². The summed E-state index contributed by atoms with van der Waals surface area (Å²) in [6.07, 6.45) is 0. The van der Waals surface area contributed by atoms with Crippen molar-refractivity contribution in [1.82, 2.24) is 10.2 Å². The molecule has 10 heteroatoms. The second-order valence-electron chi connectivity index (χ2n) is 9.74. The SMILES string of the molecule is CCOc1ccc(S(=O)(=O)N(CC(=O)N(Cc2ccc(Br)cc2)[C@@H](C)C(=O)NC(C)C)c2ccc(C)cc2)cc1. The predicted molar refractivity (Wildman–Crippen MR) is 161 cm³/mol. The molecule has 0 aliphatic rings. The van der Waals surface area contributed by atoms with Crippen LogP contribution in [0.3, 0.4) is 0 Å². The highest BCUT2D eigenvalue weighted by Crippen LogP contribution is 2.26. The first-order chi connectivity index (χ1) is 18.9. The van der Waals surface area contributed by atoms with Crippen LogP contribution >= 0.6 is 15.9 Å². The molecule has 0 radical (unpaired) electrons. The summed E-state index contributed by atoms with van der Waals surface area (Å²) >= 11 is 3.41. The van der Waals surface area contributed by atoms with Crippen molar-refractivity contribution in [1.29, 1.82) is 0 Å². The van der Waals surface area contributed by atoms with Crippen molar-refractivity contribution in [3.63, 3.8) is 0 Å². The Balaban J connectivity index is 2.01. The van der Waals surface area contributed by atoms with Gasteiger partial charge in [0, 0.05) is 17.1 Å². The van der Waals surface area contributed by atoms with E-state index in [2.05, 4.69) is 21.2 Å². The molecule has 40 heavy (non-hydrogen) atoms. The lowest BCUT2D eigenvalue weighted by molar-refractivity contribution is -0.139. The summed E-state index contributed by atoms with van der Waals surface area (Å²) in [5.74, 6) is -0.286. The van der Waals surface area contributed by atoms with Gasteiger partial charge < -0.3 is 15.0 Å². The molecule has 0 spiro atoms. The molecule has 3 rings (SSSR count). The van der Waals surface area contributed by atoms with Crippen molar-refractivity contribution >= 4 is 43.5 Å². The lowest BCUT2D eigenvalue weighted by atomic mass is 10.1. The van der Waals surface area contributed by atoms with Gasteiger partial charge in [-0.1, -0.05) is 45.8 Å². The number of nitrogens with zero attached hydrogens (tertiary/aromatic N) is 2. The van der Waals surface area contributed by atoms with Crippen molar-refractivity contribution in [2.45, 2.75) is 58.1 Å². The van der Waals surface area contributed by atoms with Crippen molar-refractivity contribution in [3.8, 4) is 5.75 Å². The van der Waals surface area contributed by atoms with Gasteiger partial charge in [-0.05, 0) is 88.7 Å². The Hall–Kier alpha value is -3.37. The number of rotatable bonds is 12. The first-order valence-corrected chi connectivity index (χ1v) is 15.3. The van der Waals surface area contributed by atoms with Gasteiger partial charge >= 0.3 is 0 Å². The fraction of sp³-hybridized carbons (Fsp3) is 0.333. The summed E-state index contributed by atoms with van der Waals surface area (Å²) in [6.45, 7) is 9.16. The van der Waals surface area contributed by atoms with Gasteiger partial charge in [0.2, 0.25) is 11.8 Å². The summed E-state index contributed by atoms with van der Waals surface area (Å²) in [4.78, 5) is 28.3. The van der Waals surface area contributed by atoms with E-state index in [1.54, 1.807) is 43.3 Å². The van der Waals surface area contributed by atoms with Crippen LogP contribution in [0.25, 0.3) is 0 Å². The Kier molecular flexibility index (Phi) is 10.8. The van der Waals surface area contributed by atoms with E-state index in [-0.39, 0.29) is 23.4 Å². The molecule has 1 atom stereocenters. The zero-order valence-corrected chi connectivity index (χ0v) is 25.8. The van der Waals surface area contributed by atoms with Crippen LogP contribution in [0.5, 0.6) is 5.75 Å². The molecule has 0 aromatic heterocycles. The molecule has 0 bridgehead atoms. The maximum Gasteiger partial charge on any atom is 0.264 e. The Morgan fingerprint density at radius 1 is 0.925 bits per heavy atom. The van der Waals surface area contributed by atoms with Gasteiger partial charge in [0.25, 0.3) is 10.0 Å². The fourth-order valence-electron chi connectivity index (χ4n) is 4.02. The van der Waals surface area contributed by atoms with Gasteiger partial charge in [0.1, 0.15) is 18.3 Å². The highest BCUT2D eigenvalue weighted by Gasteiger charge is 2.32. The zero-order chi connectivity index (χ0) is 29.4. The number of aryl methyl sites for hydroxylation is 1. The standard InChI is InChI=1S/C30H36BrN3O5S/c1-6-39-27-15-17-28(18-16-27)40(37,38)34(26-13-7-22(4)8-14-26)20-29(35)33(23(5)30(36)32-21(2)3)19-24-9-11-25(31)12-10-24/h7-18,21,23H,6,19-20H2,1-5H3,(H,32,36)/t23-/m0/s1. The van der Waals surface area contributed by atoms with Crippen LogP contribution in [0.4, 0.5) is 5.69 Å². The average molecular weight is 631 g/mol. The molecule has 0 aliphatic carbocycles. The smallest absolute Gasteiger partial charge is 0.264 e. The van der Waals surface area contributed by atoms with Crippen molar-refractivity contribution in [2.24, 2.45) is 0 Å². The average Bonchev–Trinajstić information content (AvgIpc) is 2.91. The number of hydrogen-bond donors (Lipinski definition) is 1. The Morgan fingerprint density at radius 3 is 2.08 bits per heavy atom. The number of sulfonamides is 1. The molecule has 214 valence electrons. The summed E-state index contributed by atoms with van der Waals surface area (Å²) in [6, 6.07) is 19.5. The summed E-state index contributed by atoms with van der Waals surface area (Å²) < 4.78 is 35.3. The predicted octanol–water partition coefficient (Wildman–Crippen LogP) is 5.29. The highest BCUT2D eigenvalue weighted by molar-refractivity contribution is 9.10. The Labute approximate surface area is 245 Å². The summed E-state index contributed by atoms with van der Waals surface area (Å²) in [5, 5.41) is 2.85. The number of nitrogens with one attached hydrogen (secondary N) is 1. The molecule has 0 fully saturated rings. The van der Waals surface area contributed by atoms with E-state index in [9.17, 15) is 18.0 Å². The van der Waals surface area contributed by atoms with E-state index < -0.39 is 28.5 Å². The van der Waals surface area contributed by atoms with E-state index >= 15 is 0 Å². The molecular weight excluding hydrogens is 594 g/mol. The van der Waals surface area contributed by atoms with Gasteiger partial charge in [-0.25, -0.2) is 8.42 Å². The number of carbonyl (C=O) groups is 2. The van der Waals surface area contributed by atoms with Gasteiger partial charge in [0.15, 0.2) is 0 Å². The molecule has 1 N–H and O–H groups in total. The van der Waals surface area contributed by atoms with E-state index in [0.717, 1.165) is 19.9 Å². The van der Waals surface area contributed by atoms with Crippen LogP contribution in [-0.4, -0.2) is 50.4 Å². The van der Waals surface area contributed by atoms with Crippen molar-refractivity contribution in [3.05, 3.63) is 88.4 Å². The number of carbonyl (C=O) groups excluding carboxylic acids is 2. The lowest BCUT2D eigenvalue weighted by Crippen LogP contribution is -2.52. The molecule has 3 aromatic rings. The number of benzene rings is 3. The number of anilines is 1. The number of halogens is 1. The Morgan fingerprint density at radius 2 is 1.52 bits per heavy atom. The second-order valence-corrected chi connectivity index (χ2v) is 12.5. The van der Waals surface area contributed by atoms with E-state index in [1.165, 1.54) is 17.0 Å². The number of hydrogen-bond acceptors (Lipinski definition) is 5. The lowest BCUT2D eigenvalue weighted by Gasteiger charge is -2.32. The summed E-state index contributed by atoms with van der Waals surface area (Å²) in [5.41, 5.74) is 2.09. The first-order valence-electron chi connectivity index (χ1n) is 13.1. The maximum atomic E-state index is 13.9. The zero-order valence-electron chi connectivity index (χ0n) is 23.4. The molecule has 0 heterocycles. The largest absolute Gasteiger partial charge is 0.494 e. The van der Waals surface area contributed by atoms with Gasteiger partial charge in [0.05, 0.1) is 17.2 Å². The molecule has 3 aromatic carbocycles. The van der Waals surface area contributed by atoms with Gasteiger partial charge in [-0.15, -0.1) is 0 Å². The van der Waals surface area contributed by atoms with Crippen LogP contribution in [0.15, 0.2) is 82.2 Å². The number of ether oxygens (including phenoxy) is 1. The monoisotopic (exact) mass is 629 g/mol. The maximum absolute atomic E-state index is 13.9. The first kappa shape index (κ1) is 31.2. The second kappa shape index (κ2) is 13.8. The molecular formula is C30H36BrN3O5S. The minimum Gasteiger partial charge on any atom is -0.494 e. The third-order valence-corrected chi connectivity index (χ3v) is 8.50. The van der Waals surface area contributed by atoms with Crippen molar-refractivity contribution in [2.75, 3.05) is 17.5 Å². The van der Waals surface area contributed by atoms with E-state index in [1.807, 2.05) is 52.0 Å². The van der Waals surface area contributed by atoms with Crippen LogP contribution in [0.2, 0.25) is 0 Å². The molecule has 0 saturated carbocycles. The normalized spacial score (nSPS) is 12.1. The van der Waals surface area contributed by atoms with Gasteiger partial charge in [-0.2, -0.15) is 0 Å². The molecule has 0 unspecified atom stereocenters. The van der Waals surface area contributed by atoms with E-state index in [0.29, 0.717) is 18.0 Å². The molecule has 0 aliphatic heterocycles. The summed E-state index contributed by atoms with van der Waals surface area (Å²) in [7, 11) is -4.15. The molecule has 2 amide bonds. The fourth-order valence-corrected chi connectivity index (χ4v) is 5.69. The van der Waals surface area contributed by atoms with Crippen LogP contribution in [-0.2, 0) is 26.2 Å². The van der Waals surface area contributed by atoms with Crippen LogP contribution in [0, 0.1) is 6.92 Å². The number of amides is 2. The minimum atomic E-state index is -4.15. The quantitative estimate of drug-likeness (QED) is 0.294. The third-order valence-electron chi connectivity index (χ3n) is 6.19.